The Morgan fingerprint density at radius 3 is 2.17 bits per heavy atom. The lowest BCUT2D eigenvalue weighted by Crippen LogP contribution is -1.95. The molecule has 0 saturated carbocycles. The molecular weight excluding hydrogens is 216 g/mol. The van der Waals surface area contributed by atoms with Crippen molar-refractivity contribution in [2.75, 3.05) is 0 Å². The Kier molecular flexibility index (Phi) is 12.9. The summed E-state index contributed by atoms with van der Waals surface area (Å²) in [5.74, 6) is 0.488. The van der Waals surface area contributed by atoms with Gasteiger partial charge in [-0.05, 0) is 24.5 Å². The van der Waals surface area contributed by atoms with Crippen LogP contribution in [0, 0.1) is 0 Å². The van der Waals surface area contributed by atoms with Gasteiger partial charge in [-0.2, -0.15) is 0 Å². The van der Waals surface area contributed by atoms with Gasteiger partial charge in [-0.3, -0.25) is 0 Å². The maximum atomic E-state index is 2.30. The molecule has 0 saturated heterocycles. The number of allylic oxidation sites excluding steroid dienone is 4. The number of benzene rings is 1. The van der Waals surface area contributed by atoms with Gasteiger partial charge in [-0.25, -0.2) is 0 Å². The van der Waals surface area contributed by atoms with E-state index in [1.807, 2.05) is 13.8 Å². The Morgan fingerprint density at radius 1 is 1.17 bits per heavy atom. The zero-order valence-electron chi connectivity index (χ0n) is 11.9. The van der Waals surface area contributed by atoms with Crippen molar-refractivity contribution in [1.29, 1.82) is 0 Å². The van der Waals surface area contributed by atoms with Crippen LogP contribution in [0.2, 0.25) is 0 Å². The van der Waals surface area contributed by atoms with Gasteiger partial charge in [0.05, 0.1) is 0 Å². The molecule has 0 heterocycles. The molecule has 102 valence electrons. The summed E-state index contributed by atoms with van der Waals surface area (Å²) < 4.78 is 0. The molecule has 1 aromatic carbocycles. The van der Waals surface area contributed by atoms with Gasteiger partial charge < -0.3 is 0 Å². The Hall–Kier alpha value is -1.30. The second-order valence-electron chi connectivity index (χ2n) is 3.74. The minimum atomic E-state index is 0. The van der Waals surface area contributed by atoms with E-state index in [1.54, 1.807) is 0 Å². The van der Waals surface area contributed by atoms with Crippen molar-refractivity contribution in [3.8, 4) is 0 Å². The molecule has 0 aliphatic carbocycles. The fourth-order valence-corrected chi connectivity index (χ4v) is 1.75. The largest absolute Gasteiger partial charge is 0.0874 e. The van der Waals surface area contributed by atoms with Crippen molar-refractivity contribution in [1.82, 2.24) is 0 Å². The van der Waals surface area contributed by atoms with Crippen molar-refractivity contribution >= 4 is 0 Å². The van der Waals surface area contributed by atoms with Gasteiger partial charge in [0, 0.05) is 5.92 Å². The second kappa shape index (κ2) is 12.2. The standard InChI is InChI=1S/C15H20.C2H6.CH4/c1-4-9-14(10-5-2)13(3)15-11-7-6-8-12-15;1-2;/h4,6-13H,5H2,1-3H3;1-2H3;1H4/b9-4-,14-10+;;. The molecule has 0 aromatic heterocycles. The van der Waals surface area contributed by atoms with E-state index in [1.165, 1.54) is 11.1 Å². The summed E-state index contributed by atoms with van der Waals surface area (Å²) in [4.78, 5) is 0. The Bertz CT molecular complexity index is 330. The molecule has 0 spiro atoms. The van der Waals surface area contributed by atoms with E-state index in [4.69, 9.17) is 0 Å². The Labute approximate surface area is 114 Å². The SMILES string of the molecule is C.C/C=C\C(=C/CC)C(C)c1ccccc1.CC. The number of hydrogen-bond acceptors (Lipinski definition) is 0. The summed E-state index contributed by atoms with van der Waals surface area (Å²) in [5.41, 5.74) is 2.79. The molecule has 0 aliphatic rings. The Morgan fingerprint density at radius 2 is 1.72 bits per heavy atom. The molecule has 1 atom stereocenters. The van der Waals surface area contributed by atoms with Gasteiger partial charge >= 0.3 is 0 Å². The van der Waals surface area contributed by atoms with E-state index < -0.39 is 0 Å². The maximum absolute atomic E-state index is 2.30. The molecule has 0 amide bonds. The highest BCUT2D eigenvalue weighted by Crippen LogP contribution is 2.24. The van der Waals surface area contributed by atoms with Crippen LogP contribution < -0.4 is 0 Å². The van der Waals surface area contributed by atoms with Gasteiger partial charge in [0.2, 0.25) is 0 Å². The number of hydrogen-bond donors (Lipinski definition) is 0. The normalized spacial score (nSPS) is 12.4. The summed E-state index contributed by atoms with van der Waals surface area (Å²) in [6, 6.07) is 10.7. The minimum absolute atomic E-state index is 0. The van der Waals surface area contributed by atoms with Gasteiger partial charge in [0.1, 0.15) is 0 Å². The van der Waals surface area contributed by atoms with E-state index in [9.17, 15) is 0 Å². The third-order valence-electron chi connectivity index (χ3n) is 2.60. The van der Waals surface area contributed by atoms with Gasteiger partial charge in [-0.15, -0.1) is 0 Å². The van der Waals surface area contributed by atoms with Gasteiger partial charge in [0.25, 0.3) is 0 Å². The molecule has 1 rings (SSSR count). The molecular formula is C18H30. The molecule has 0 bridgehead atoms. The highest BCUT2D eigenvalue weighted by molar-refractivity contribution is 5.33. The predicted octanol–water partition coefficient (Wildman–Crippen LogP) is 6.36. The fourth-order valence-electron chi connectivity index (χ4n) is 1.75. The number of rotatable bonds is 4. The van der Waals surface area contributed by atoms with Gasteiger partial charge in [-0.1, -0.05) is 83.7 Å². The molecule has 1 unspecified atom stereocenters. The Balaban J connectivity index is 0. The first-order chi connectivity index (χ1) is 8.29. The van der Waals surface area contributed by atoms with E-state index in [-0.39, 0.29) is 7.43 Å². The molecule has 0 heteroatoms. The fraction of sp³-hybridized carbons (Fsp3) is 0.444. The summed E-state index contributed by atoms with van der Waals surface area (Å²) >= 11 is 0. The third kappa shape index (κ3) is 6.44. The summed E-state index contributed by atoms with van der Waals surface area (Å²) in [5, 5.41) is 0. The zero-order valence-corrected chi connectivity index (χ0v) is 11.9. The van der Waals surface area contributed by atoms with Crippen LogP contribution in [-0.2, 0) is 0 Å². The molecule has 0 aliphatic heterocycles. The highest BCUT2D eigenvalue weighted by atomic mass is 14.1. The molecule has 0 fully saturated rings. The lowest BCUT2D eigenvalue weighted by atomic mass is 9.92. The van der Waals surface area contributed by atoms with Crippen LogP contribution in [-0.4, -0.2) is 0 Å². The predicted molar refractivity (Wildman–Crippen MR) is 86.1 cm³/mol. The highest BCUT2D eigenvalue weighted by Gasteiger charge is 2.07. The van der Waals surface area contributed by atoms with E-state index in [0.717, 1.165) is 6.42 Å². The average Bonchev–Trinajstić information content (AvgIpc) is 2.41. The second-order valence-corrected chi connectivity index (χ2v) is 3.74. The molecule has 0 N–H and O–H groups in total. The average molecular weight is 246 g/mol. The third-order valence-corrected chi connectivity index (χ3v) is 2.60. The van der Waals surface area contributed by atoms with Crippen LogP contribution in [0.25, 0.3) is 0 Å². The lowest BCUT2D eigenvalue weighted by molar-refractivity contribution is 0.909. The zero-order chi connectivity index (χ0) is 13.1. The smallest absolute Gasteiger partial charge is 0.00577 e. The molecule has 1 aromatic rings. The summed E-state index contributed by atoms with van der Waals surface area (Å²) in [6.45, 7) is 10.5. The van der Waals surface area contributed by atoms with Crippen molar-refractivity contribution in [3.05, 3.63) is 59.7 Å². The molecule has 18 heavy (non-hydrogen) atoms. The first-order valence-electron chi connectivity index (χ1n) is 6.67. The van der Waals surface area contributed by atoms with Crippen LogP contribution in [0.4, 0.5) is 0 Å². The van der Waals surface area contributed by atoms with Crippen molar-refractivity contribution < 1.29 is 0 Å². The van der Waals surface area contributed by atoms with Crippen molar-refractivity contribution in [3.63, 3.8) is 0 Å². The van der Waals surface area contributed by atoms with Crippen LogP contribution in [0.3, 0.4) is 0 Å². The minimum Gasteiger partial charge on any atom is -0.0874 e. The van der Waals surface area contributed by atoms with Gasteiger partial charge in [0.15, 0.2) is 0 Å². The van der Waals surface area contributed by atoms with Crippen LogP contribution >= 0.6 is 0 Å². The van der Waals surface area contributed by atoms with Crippen LogP contribution in [0.15, 0.2) is 54.1 Å². The van der Waals surface area contributed by atoms with Crippen LogP contribution in [0.1, 0.15) is 59.9 Å². The summed E-state index contributed by atoms with van der Waals surface area (Å²) in [6.07, 6.45) is 7.72. The molecule has 0 nitrogen and oxygen atoms in total. The maximum Gasteiger partial charge on any atom is 0.00577 e. The van der Waals surface area contributed by atoms with E-state index >= 15 is 0 Å². The van der Waals surface area contributed by atoms with Crippen LogP contribution in [0.5, 0.6) is 0 Å². The molecule has 0 radical (unpaired) electrons. The summed E-state index contributed by atoms with van der Waals surface area (Å²) in [7, 11) is 0. The first-order valence-corrected chi connectivity index (χ1v) is 6.67. The van der Waals surface area contributed by atoms with Crippen molar-refractivity contribution in [2.24, 2.45) is 0 Å². The van der Waals surface area contributed by atoms with Crippen molar-refractivity contribution in [2.45, 2.75) is 54.4 Å². The van der Waals surface area contributed by atoms with E-state index in [0.29, 0.717) is 5.92 Å². The topological polar surface area (TPSA) is 0 Å². The lowest BCUT2D eigenvalue weighted by Gasteiger charge is -2.13. The quantitative estimate of drug-likeness (QED) is 0.542. The first kappa shape index (κ1) is 19.0. The monoisotopic (exact) mass is 246 g/mol. The van der Waals surface area contributed by atoms with E-state index in [2.05, 4.69) is 69.3 Å².